The average molecular weight is 326 g/mol. The van der Waals surface area contributed by atoms with Crippen LogP contribution in [0.15, 0.2) is 46.2 Å². The maximum absolute atomic E-state index is 14.1. The van der Waals surface area contributed by atoms with Crippen molar-refractivity contribution in [2.75, 3.05) is 0 Å². The molecule has 5 heteroatoms. The van der Waals surface area contributed by atoms with E-state index in [1.807, 2.05) is 0 Å². The first kappa shape index (κ1) is 14.8. The second-order valence-electron chi connectivity index (χ2n) is 5.10. The van der Waals surface area contributed by atoms with Crippen LogP contribution in [0, 0.1) is 11.6 Å². The van der Waals surface area contributed by atoms with E-state index < -0.39 is 11.6 Å². The highest BCUT2D eigenvalue weighted by Gasteiger charge is 2.20. The third-order valence-electron chi connectivity index (χ3n) is 3.25. The van der Waals surface area contributed by atoms with Gasteiger partial charge in [0, 0.05) is 22.5 Å². The van der Waals surface area contributed by atoms with Crippen LogP contribution >= 0.6 is 23.4 Å². The lowest BCUT2D eigenvalue weighted by atomic mass is 10.2. The van der Waals surface area contributed by atoms with Gasteiger partial charge in [0.05, 0.1) is 4.90 Å². The fourth-order valence-corrected chi connectivity index (χ4v) is 3.15. The number of halogens is 3. The van der Waals surface area contributed by atoms with Gasteiger partial charge in [0.25, 0.3) is 0 Å². The Hall–Kier alpha value is -1.10. The summed E-state index contributed by atoms with van der Waals surface area (Å²) in [6.07, 6.45) is 2.29. The van der Waals surface area contributed by atoms with E-state index in [0.29, 0.717) is 28.1 Å². The molecule has 21 heavy (non-hydrogen) atoms. The van der Waals surface area contributed by atoms with Crippen LogP contribution < -0.4 is 5.32 Å². The summed E-state index contributed by atoms with van der Waals surface area (Å²) in [4.78, 5) is 0.719. The Kier molecular flexibility index (Phi) is 4.48. The summed E-state index contributed by atoms with van der Waals surface area (Å²) in [5.74, 6) is -1.07. The normalized spacial score (nSPS) is 14.4. The molecule has 0 unspecified atom stereocenters. The largest absolute Gasteiger partial charge is 0.310 e. The van der Waals surface area contributed by atoms with Crippen LogP contribution in [0.3, 0.4) is 0 Å². The molecule has 1 saturated carbocycles. The Bertz CT molecular complexity index is 635. The Balaban J connectivity index is 1.78. The van der Waals surface area contributed by atoms with Gasteiger partial charge >= 0.3 is 0 Å². The van der Waals surface area contributed by atoms with Crippen molar-refractivity contribution >= 4 is 23.4 Å². The number of hydrogen-bond acceptors (Lipinski definition) is 2. The smallest absolute Gasteiger partial charge is 0.140 e. The molecule has 0 atom stereocenters. The van der Waals surface area contributed by atoms with E-state index >= 15 is 0 Å². The summed E-state index contributed by atoms with van der Waals surface area (Å²) < 4.78 is 28.2. The van der Waals surface area contributed by atoms with E-state index in [0.717, 1.165) is 24.6 Å². The molecule has 1 fully saturated rings. The van der Waals surface area contributed by atoms with Gasteiger partial charge in [-0.2, -0.15) is 0 Å². The van der Waals surface area contributed by atoms with Gasteiger partial charge in [0.1, 0.15) is 11.6 Å². The van der Waals surface area contributed by atoms with Crippen molar-refractivity contribution in [3.05, 3.63) is 58.6 Å². The van der Waals surface area contributed by atoms with Gasteiger partial charge in [-0.25, -0.2) is 8.78 Å². The second kappa shape index (κ2) is 6.34. The summed E-state index contributed by atoms with van der Waals surface area (Å²) in [6, 6.07) is 10.2. The molecule has 0 bridgehead atoms. The molecule has 0 heterocycles. The fourth-order valence-electron chi connectivity index (χ4n) is 2.01. The Morgan fingerprint density at radius 2 is 1.86 bits per heavy atom. The van der Waals surface area contributed by atoms with Crippen LogP contribution in [0.2, 0.25) is 5.02 Å². The highest BCUT2D eigenvalue weighted by atomic mass is 35.5. The SMILES string of the molecule is Fc1cc(CNC2CC2)cc(F)c1Sc1cccc(Cl)c1. The standard InChI is InChI=1S/C16H14ClF2NS/c17-11-2-1-3-13(8-11)21-16-14(18)6-10(7-15(16)19)9-20-12-4-5-12/h1-3,6-8,12,20H,4-5,9H2. The van der Waals surface area contributed by atoms with Gasteiger partial charge in [-0.1, -0.05) is 29.4 Å². The van der Waals surface area contributed by atoms with Crippen LogP contribution in [0.25, 0.3) is 0 Å². The molecule has 0 aliphatic heterocycles. The lowest BCUT2D eigenvalue weighted by molar-refractivity contribution is 0.534. The molecular weight excluding hydrogens is 312 g/mol. The molecule has 3 rings (SSSR count). The Morgan fingerprint density at radius 1 is 1.14 bits per heavy atom. The summed E-state index contributed by atoms with van der Waals surface area (Å²) in [6.45, 7) is 0.501. The van der Waals surface area contributed by atoms with E-state index in [1.54, 1.807) is 24.3 Å². The summed E-state index contributed by atoms with van der Waals surface area (Å²) in [7, 11) is 0. The molecule has 0 spiro atoms. The summed E-state index contributed by atoms with van der Waals surface area (Å²) >= 11 is 6.93. The quantitative estimate of drug-likeness (QED) is 0.828. The van der Waals surface area contributed by atoms with Gasteiger partial charge < -0.3 is 5.32 Å². The zero-order valence-corrected chi connectivity index (χ0v) is 12.8. The van der Waals surface area contributed by atoms with Crippen LogP contribution in [0.1, 0.15) is 18.4 Å². The van der Waals surface area contributed by atoms with Crippen molar-refractivity contribution in [1.29, 1.82) is 0 Å². The van der Waals surface area contributed by atoms with E-state index in [-0.39, 0.29) is 4.90 Å². The first-order valence-electron chi connectivity index (χ1n) is 6.76. The molecule has 1 aliphatic carbocycles. The van der Waals surface area contributed by atoms with Crippen LogP contribution in [-0.4, -0.2) is 6.04 Å². The molecule has 0 saturated heterocycles. The number of hydrogen-bond donors (Lipinski definition) is 1. The number of benzene rings is 2. The first-order chi connectivity index (χ1) is 10.1. The highest BCUT2D eigenvalue weighted by molar-refractivity contribution is 7.99. The van der Waals surface area contributed by atoms with Crippen molar-refractivity contribution in [2.24, 2.45) is 0 Å². The first-order valence-corrected chi connectivity index (χ1v) is 7.96. The maximum Gasteiger partial charge on any atom is 0.140 e. The lowest BCUT2D eigenvalue weighted by Gasteiger charge is -2.09. The third-order valence-corrected chi connectivity index (χ3v) is 4.57. The van der Waals surface area contributed by atoms with Gasteiger partial charge in [-0.05, 0) is 48.7 Å². The molecule has 0 radical (unpaired) electrons. The van der Waals surface area contributed by atoms with E-state index in [2.05, 4.69) is 5.32 Å². The van der Waals surface area contributed by atoms with Crippen LogP contribution in [-0.2, 0) is 6.54 Å². The van der Waals surface area contributed by atoms with E-state index in [4.69, 9.17) is 11.6 Å². The van der Waals surface area contributed by atoms with Crippen molar-refractivity contribution in [3.8, 4) is 0 Å². The van der Waals surface area contributed by atoms with Crippen LogP contribution in [0.4, 0.5) is 8.78 Å². The molecule has 110 valence electrons. The molecule has 2 aromatic carbocycles. The minimum absolute atomic E-state index is 0.00689. The molecule has 0 aromatic heterocycles. The monoisotopic (exact) mass is 325 g/mol. The predicted octanol–water partition coefficient (Wildman–Crippen LogP) is 5.02. The number of nitrogens with one attached hydrogen (secondary N) is 1. The maximum atomic E-state index is 14.1. The zero-order valence-electron chi connectivity index (χ0n) is 11.2. The van der Waals surface area contributed by atoms with Gasteiger partial charge in [-0.3, -0.25) is 0 Å². The van der Waals surface area contributed by atoms with Gasteiger partial charge in [0.15, 0.2) is 0 Å². The molecule has 1 N–H and O–H groups in total. The Morgan fingerprint density at radius 3 is 2.48 bits per heavy atom. The minimum Gasteiger partial charge on any atom is -0.310 e. The molecule has 1 nitrogen and oxygen atoms in total. The molecule has 0 amide bonds. The van der Waals surface area contributed by atoms with E-state index in [1.165, 1.54) is 12.1 Å². The van der Waals surface area contributed by atoms with Crippen molar-refractivity contribution in [2.45, 2.75) is 35.2 Å². The van der Waals surface area contributed by atoms with Crippen molar-refractivity contribution in [1.82, 2.24) is 5.32 Å². The topological polar surface area (TPSA) is 12.0 Å². The van der Waals surface area contributed by atoms with Crippen molar-refractivity contribution in [3.63, 3.8) is 0 Å². The summed E-state index contributed by atoms with van der Waals surface area (Å²) in [5.41, 5.74) is 0.632. The molecular formula is C16H14ClF2NS. The van der Waals surface area contributed by atoms with Gasteiger partial charge in [0.2, 0.25) is 0 Å². The lowest BCUT2D eigenvalue weighted by Crippen LogP contribution is -2.15. The zero-order chi connectivity index (χ0) is 14.8. The average Bonchev–Trinajstić information content (AvgIpc) is 3.25. The second-order valence-corrected chi connectivity index (χ2v) is 6.62. The highest BCUT2D eigenvalue weighted by Crippen LogP contribution is 2.34. The summed E-state index contributed by atoms with van der Waals surface area (Å²) in [5, 5.41) is 3.79. The molecule has 1 aliphatic rings. The van der Waals surface area contributed by atoms with Crippen molar-refractivity contribution < 1.29 is 8.78 Å². The van der Waals surface area contributed by atoms with E-state index in [9.17, 15) is 8.78 Å². The fraction of sp³-hybridized carbons (Fsp3) is 0.250. The van der Waals surface area contributed by atoms with Gasteiger partial charge in [-0.15, -0.1) is 0 Å². The Labute approximate surface area is 131 Å². The number of rotatable bonds is 5. The molecule has 2 aromatic rings. The predicted molar refractivity (Wildman–Crippen MR) is 81.8 cm³/mol. The van der Waals surface area contributed by atoms with Crippen LogP contribution in [0.5, 0.6) is 0 Å². The third kappa shape index (κ3) is 3.96. The minimum atomic E-state index is -0.535.